The summed E-state index contributed by atoms with van der Waals surface area (Å²) in [6.45, 7) is 3.61. The number of aromatic nitrogens is 2. The average Bonchev–Trinajstić information content (AvgIpc) is 2.87. The molecule has 5 heteroatoms. The van der Waals surface area contributed by atoms with Gasteiger partial charge in [-0.2, -0.15) is 0 Å². The molecule has 0 unspecified atom stereocenters. The molecule has 1 saturated heterocycles. The number of rotatable bonds is 4. The number of pyridine rings is 1. The third kappa shape index (κ3) is 2.58. The van der Waals surface area contributed by atoms with E-state index in [-0.39, 0.29) is 5.91 Å². The maximum atomic E-state index is 12.3. The quantitative estimate of drug-likeness (QED) is 0.868. The minimum Gasteiger partial charge on any atom is -0.336 e. The summed E-state index contributed by atoms with van der Waals surface area (Å²) >= 11 is 1.58. The molecule has 1 aliphatic heterocycles. The van der Waals surface area contributed by atoms with Crippen LogP contribution in [0.25, 0.3) is 0 Å². The van der Waals surface area contributed by atoms with Crippen molar-refractivity contribution < 1.29 is 4.79 Å². The molecule has 3 heterocycles. The molecule has 0 aliphatic carbocycles. The van der Waals surface area contributed by atoms with Crippen molar-refractivity contribution in [3.63, 3.8) is 0 Å². The molecule has 0 spiro atoms. The zero-order valence-corrected chi connectivity index (χ0v) is 12.3. The van der Waals surface area contributed by atoms with Gasteiger partial charge in [0.2, 0.25) is 0 Å². The van der Waals surface area contributed by atoms with Crippen LogP contribution in [0, 0.1) is 0 Å². The lowest BCUT2D eigenvalue weighted by molar-refractivity contribution is 0.0593. The summed E-state index contributed by atoms with van der Waals surface area (Å²) in [4.78, 5) is 22.9. The second-order valence-corrected chi connectivity index (χ2v) is 5.98. The van der Waals surface area contributed by atoms with Crippen LogP contribution in [0.2, 0.25) is 0 Å². The van der Waals surface area contributed by atoms with Gasteiger partial charge in [0.05, 0.1) is 5.01 Å². The first kappa shape index (κ1) is 13.2. The molecule has 0 atom stereocenters. The van der Waals surface area contributed by atoms with Crippen molar-refractivity contribution >= 4 is 17.2 Å². The normalized spacial score (nSPS) is 15.2. The van der Waals surface area contributed by atoms with E-state index in [0.717, 1.165) is 36.6 Å². The predicted molar refractivity (Wildman–Crippen MR) is 79.0 cm³/mol. The number of hydrogen-bond acceptors (Lipinski definition) is 4. The van der Waals surface area contributed by atoms with E-state index in [1.807, 2.05) is 28.5 Å². The van der Waals surface area contributed by atoms with Crippen LogP contribution in [0.1, 0.15) is 40.5 Å². The fourth-order valence-electron chi connectivity index (χ4n) is 2.35. The molecule has 1 fully saturated rings. The number of aryl methyl sites for hydroxylation is 1. The van der Waals surface area contributed by atoms with E-state index < -0.39 is 0 Å². The molecule has 0 saturated carbocycles. The summed E-state index contributed by atoms with van der Waals surface area (Å²) in [7, 11) is 0. The number of amides is 1. The number of nitrogens with zero attached hydrogens (tertiary/aromatic N) is 3. The second-order valence-electron chi connectivity index (χ2n) is 5.04. The maximum absolute atomic E-state index is 12.3. The maximum Gasteiger partial charge on any atom is 0.273 e. The third-order valence-electron chi connectivity index (χ3n) is 3.51. The van der Waals surface area contributed by atoms with Gasteiger partial charge in [-0.3, -0.25) is 9.78 Å². The van der Waals surface area contributed by atoms with Gasteiger partial charge in [-0.05, 0) is 25.0 Å². The van der Waals surface area contributed by atoms with Gasteiger partial charge in [0, 0.05) is 36.3 Å². The molecule has 1 aliphatic rings. The van der Waals surface area contributed by atoms with Crippen molar-refractivity contribution in [1.29, 1.82) is 0 Å². The predicted octanol–water partition coefficient (Wildman–Crippen LogP) is 2.73. The number of carbonyl (C=O) groups is 1. The van der Waals surface area contributed by atoms with Crippen LogP contribution in [-0.4, -0.2) is 33.9 Å². The van der Waals surface area contributed by atoms with Gasteiger partial charge in [-0.1, -0.05) is 13.0 Å². The number of hydrogen-bond donors (Lipinski definition) is 0. The van der Waals surface area contributed by atoms with E-state index >= 15 is 0 Å². The number of carbonyl (C=O) groups excluding carboxylic acids is 1. The van der Waals surface area contributed by atoms with Crippen LogP contribution in [0.15, 0.2) is 29.8 Å². The second kappa shape index (κ2) is 5.71. The highest BCUT2D eigenvalue weighted by Crippen LogP contribution is 2.27. The van der Waals surface area contributed by atoms with Crippen LogP contribution in [-0.2, 0) is 6.42 Å². The molecule has 2 aromatic heterocycles. The van der Waals surface area contributed by atoms with E-state index in [4.69, 9.17) is 0 Å². The highest BCUT2D eigenvalue weighted by molar-refractivity contribution is 7.09. The number of thiazole rings is 1. The highest BCUT2D eigenvalue weighted by Gasteiger charge is 2.33. The Balaban J connectivity index is 1.60. The Hall–Kier alpha value is -1.75. The van der Waals surface area contributed by atoms with Crippen molar-refractivity contribution in [2.24, 2.45) is 0 Å². The zero-order valence-electron chi connectivity index (χ0n) is 11.5. The summed E-state index contributed by atoms with van der Waals surface area (Å²) in [5, 5.41) is 2.93. The van der Waals surface area contributed by atoms with Gasteiger partial charge in [0.15, 0.2) is 0 Å². The summed E-state index contributed by atoms with van der Waals surface area (Å²) in [6, 6.07) is 5.93. The lowest BCUT2D eigenvalue weighted by atomic mass is 9.95. The summed E-state index contributed by atoms with van der Waals surface area (Å²) in [5.41, 5.74) is 1.67. The van der Waals surface area contributed by atoms with Gasteiger partial charge in [0.25, 0.3) is 5.91 Å². The van der Waals surface area contributed by atoms with Crippen molar-refractivity contribution in [2.45, 2.75) is 25.7 Å². The molecule has 2 aromatic rings. The van der Waals surface area contributed by atoms with Crippen LogP contribution in [0.3, 0.4) is 0 Å². The smallest absolute Gasteiger partial charge is 0.273 e. The van der Waals surface area contributed by atoms with Crippen LogP contribution < -0.4 is 0 Å². The van der Waals surface area contributed by atoms with Gasteiger partial charge in [-0.25, -0.2) is 4.98 Å². The van der Waals surface area contributed by atoms with Crippen molar-refractivity contribution in [3.8, 4) is 0 Å². The van der Waals surface area contributed by atoms with Gasteiger partial charge < -0.3 is 4.90 Å². The van der Waals surface area contributed by atoms with E-state index in [2.05, 4.69) is 16.9 Å². The molecule has 0 N–H and O–H groups in total. The van der Waals surface area contributed by atoms with Gasteiger partial charge in [-0.15, -0.1) is 11.3 Å². The minimum absolute atomic E-state index is 0.0517. The Morgan fingerprint density at radius 3 is 3.00 bits per heavy atom. The van der Waals surface area contributed by atoms with Gasteiger partial charge >= 0.3 is 0 Å². The summed E-state index contributed by atoms with van der Waals surface area (Å²) in [5.74, 6) is 0.421. The summed E-state index contributed by atoms with van der Waals surface area (Å²) < 4.78 is 0. The molecular formula is C15H17N3OS. The molecule has 20 heavy (non-hydrogen) atoms. The fraction of sp³-hybridized carbons (Fsp3) is 0.400. The molecule has 3 rings (SSSR count). The Bertz CT molecular complexity index is 590. The molecule has 0 bridgehead atoms. The molecule has 4 nitrogen and oxygen atoms in total. The third-order valence-corrected chi connectivity index (χ3v) is 4.42. The topological polar surface area (TPSA) is 46.1 Å². The van der Waals surface area contributed by atoms with Crippen LogP contribution in [0.4, 0.5) is 0 Å². The zero-order chi connectivity index (χ0) is 13.9. The first-order chi connectivity index (χ1) is 9.78. The van der Waals surface area contributed by atoms with Crippen molar-refractivity contribution in [3.05, 3.63) is 46.2 Å². The van der Waals surface area contributed by atoms with Crippen LogP contribution in [0.5, 0.6) is 0 Å². The van der Waals surface area contributed by atoms with E-state index in [1.165, 1.54) is 0 Å². The number of likely N-dealkylation sites (tertiary alicyclic amines) is 1. The van der Waals surface area contributed by atoms with Crippen molar-refractivity contribution in [2.75, 3.05) is 13.1 Å². The lowest BCUT2D eigenvalue weighted by Crippen LogP contribution is -2.48. The van der Waals surface area contributed by atoms with E-state index in [9.17, 15) is 4.79 Å². The fourth-order valence-corrected chi connectivity index (χ4v) is 3.22. The standard InChI is InChI=1S/C15H17N3OS/c1-2-5-14-17-13(10-20-14)15(19)18-8-11(9-18)12-6-3-4-7-16-12/h3-4,6-7,10-11H,2,5,8-9H2,1H3. The Kier molecular flexibility index (Phi) is 3.78. The molecule has 0 radical (unpaired) electrons. The lowest BCUT2D eigenvalue weighted by Gasteiger charge is -2.38. The Morgan fingerprint density at radius 1 is 1.45 bits per heavy atom. The molecule has 0 aromatic carbocycles. The first-order valence-corrected chi connectivity index (χ1v) is 7.80. The molecule has 104 valence electrons. The van der Waals surface area contributed by atoms with Gasteiger partial charge in [0.1, 0.15) is 5.69 Å². The highest BCUT2D eigenvalue weighted by atomic mass is 32.1. The van der Waals surface area contributed by atoms with E-state index in [1.54, 1.807) is 17.5 Å². The minimum atomic E-state index is 0.0517. The average molecular weight is 287 g/mol. The van der Waals surface area contributed by atoms with E-state index in [0.29, 0.717) is 11.6 Å². The Labute approximate surface area is 122 Å². The van der Waals surface area contributed by atoms with Crippen LogP contribution >= 0.6 is 11.3 Å². The molecule has 1 amide bonds. The molecular weight excluding hydrogens is 270 g/mol. The largest absolute Gasteiger partial charge is 0.336 e. The Morgan fingerprint density at radius 2 is 2.30 bits per heavy atom. The SMILES string of the molecule is CCCc1nc(C(=O)N2CC(c3ccccn3)C2)cs1. The first-order valence-electron chi connectivity index (χ1n) is 6.92. The summed E-state index contributed by atoms with van der Waals surface area (Å²) in [6.07, 6.45) is 3.82. The van der Waals surface area contributed by atoms with Crippen molar-refractivity contribution in [1.82, 2.24) is 14.9 Å². The monoisotopic (exact) mass is 287 g/mol.